The van der Waals surface area contributed by atoms with E-state index in [0.717, 1.165) is 13.1 Å². The third-order valence-electron chi connectivity index (χ3n) is 0.664. The van der Waals surface area contributed by atoms with Crippen LogP contribution in [0.3, 0.4) is 0 Å². The van der Waals surface area contributed by atoms with Crippen molar-refractivity contribution in [1.82, 2.24) is 5.32 Å². The lowest BCUT2D eigenvalue weighted by Crippen LogP contribution is -2.12. The van der Waals surface area contributed by atoms with Crippen LogP contribution in [0.5, 0.6) is 0 Å². The first-order valence-electron chi connectivity index (χ1n) is 3.49. The second-order valence-electron chi connectivity index (χ2n) is 1.26. The van der Waals surface area contributed by atoms with E-state index in [1.54, 1.807) is 0 Å². The molecule has 0 bridgehead atoms. The van der Waals surface area contributed by atoms with E-state index < -0.39 is 0 Å². The molecule has 0 aromatic heterocycles. The Morgan fingerprint density at radius 1 is 1.44 bits per heavy atom. The van der Waals surface area contributed by atoms with Gasteiger partial charge in [0.1, 0.15) is 0 Å². The van der Waals surface area contributed by atoms with Crippen molar-refractivity contribution in [2.24, 2.45) is 0 Å². The van der Waals surface area contributed by atoms with E-state index in [1.807, 2.05) is 26.8 Å². The van der Waals surface area contributed by atoms with Crippen molar-refractivity contribution < 1.29 is 0 Å². The zero-order valence-electron chi connectivity index (χ0n) is 6.57. The van der Waals surface area contributed by atoms with Gasteiger partial charge in [-0.3, -0.25) is 0 Å². The predicted molar refractivity (Wildman–Crippen MR) is 40.1 cm³/mol. The van der Waals surface area contributed by atoms with Crippen LogP contribution >= 0.6 is 0 Å². The molecule has 0 aliphatic heterocycles. The van der Waals surface area contributed by atoms with E-state index in [-0.39, 0.29) is 0 Å². The summed E-state index contributed by atoms with van der Waals surface area (Å²) in [5.74, 6) is 0. The molecule has 0 aromatic carbocycles. The van der Waals surface area contributed by atoms with Gasteiger partial charge in [0.15, 0.2) is 0 Å². The molecule has 0 radical (unpaired) electrons. The monoisotopic (exact) mass is 128 g/mol. The smallest absolute Gasteiger partial charge is 0.0635 e. The standard InChI is InChI=1S/C5H10N2.C2H6/c1-2-7-5-3-4-6;1-2/h7H,2-3,5H2,1H3;1-2H3. The Bertz CT molecular complexity index is 63.8. The van der Waals surface area contributed by atoms with E-state index in [4.69, 9.17) is 5.26 Å². The number of rotatable bonds is 3. The molecule has 0 fully saturated rings. The topological polar surface area (TPSA) is 35.8 Å². The molecule has 54 valence electrons. The number of hydrogen-bond acceptors (Lipinski definition) is 2. The highest BCUT2D eigenvalue weighted by Crippen LogP contribution is 1.66. The Morgan fingerprint density at radius 2 is 2.00 bits per heavy atom. The van der Waals surface area contributed by atoms with Gasteiger partial charge >= 0.3 is 0 Å². The van der Waals surface area contributed by atoms with Crippen LogP contribution in [0.1, 0.15) is 27.2 Å². The molecule has 0 aromatic rings. The summed E-state index contributed by atoms with van der Waals surface area (Å²) in [5.41, 5.74) is 0. The second-order valence-corrected chi connectivity index (χ2v) is 1.26. The molecule has 2 heteroatoms. The summed E-state index contributed by atoms with van der Waals surface area (Å²) in [5, 5.41) is 11.0. The predicted octanol–water partition coefficient (Wildman–Crippen LogP) is 1.54. The fraction of sp³-hybridized carbons (Fsp3) is 0.857. The van der Waals surface area contributed by atoms with Gasteiger partial charge in [0, 0.05) is 13.0 Å². The number of nitrogens with one attached hydrogen (secondary N) is 1. The molecular formula is C7H16N2. The maximum Gasteiger partial charge on any atom is 0.0635 e. The van der Waals surface area contributed by atoms with Gasteiger partial charge in [0.25, 0.3) is 0 Å². The van der Waals surface area contributed by atoms with Crippen molar-refractivity contribution in [3.63, 3.8) is 0 Å². The van der Waals surface area contributed by atoms with Crippen LogP contribution in [0.2, 0.25) is 0 Å². The Labute approximate surface area is 57.9 Å². The summed E-state index contributed by atoms with van der Waals surface area (Å²) in [6, 6.07) is 2.04. The highest BCUT2D eigenvalue weighted by atomic mass is 14.8. The van der Waals surface area contributed by atoms with Crippen LogP contribution in [0.25, 0.3) is 0 Å². The molecule has 0 rings (SSSR count). The zero-order valence-corrected chi connectivity index (χ0v) is 6.57. The molecule has 0 aliphatic rings. The van der Waals surface area contributed by atoms with Gasteiger partial charge in [-0.15, -0.1) is 0 Å². The minimum Gasteiger partial charge on any atom is -0.316 e. The van der Waals surface area contributed by atoms with Crippen molar-refractivity contribution in [1.29, 1.82) is 5.26 Å². The van der Waals surface area contributed by atoms with Crippen molar-refractivity contribution >= 4 is 0 Å². The van der Waals surface area contributed by atoms with E-state index in [0.29, 0.717) is 6.42 Å². The lowest BCUT2D eigenvalue weighted by molar-refractivity contribution is 0.730. The van der Waals surface area contributed by atoms with Crippen LogP contribution < -0.4 is 5.32 Å². The summed E-state index contributed by atoms with van der Waals surface area (Å²) < 4.78 is 0. The van der Waals surface area contributed by atoms with Crippen molar-refractivity contribution in [3.05, 3.63) is 0 Å². The van der Waals surface area contributed by atoms with Crippen molar-refractivity contribution in [2.45, 2.75) is 27.2 Å². The summed E-state index contributed by atoms with van der Waals surface area (Å²) in [4.78, 5) is 0. The molecule has 2 nitrogen and oxygen atoms in total. The number of nitrogens with zero attached hydrogens (tertiary/aromatic N) is 1. The van der Waals surface area contributed by atoms with E-state index in [2.05, 4.69) is 5.32 Å². The summed E-state index contributed by atoms with van der Waals surface area (Å²) >= 11 is 0. The van der Waals surface area contributed by atoms with Crippen molar-refractivity contribution in [3.8, 4) is 6.07 Å². The van der Waals surface area contributed by atoms with Crippen LogP contribution in [0, 0.1) is 11.3 Å². The molecule has 1 N–H and O–H groups in total. The van der Waals surface area contributed by atoms with E-state index in [9.17, 15) is 0 Å². The fourth-order valence-corrected chi connectivity index (χ4v) is 0.321. The first-order valence-corrected chi connectivity index (χ1v) is 3.49. The van der Waals surface area contributed by atoms with Gasteiger partial charge in [0.05, 0.1) is 6.07 Å². The Morgan fingerprint density at radius 3 is 2.33 bits per heavy atom. The molecule has 0 spiro atoms. The van der Waals surface area contributed by atoms with E-state index in [1.165, 1.54) is 0 Å². The van der Waals surface area contributed by atoms with Crippen LogP contribution in [-0.4, -0.2) is 13.1 Å². The third-order valence-corrected chi connectivity index (χ3v) is 0.664. The first kappa shape index (κ1) is 11.3. The van der Waals surface area contributed by atoms with Gasteiger partial charge in [-0.1, -0.05) is 20.8 Å². The minimum atomic E-state index is 0.619. The average Bonchev–Trinajstić information content (AvgIpc) is 1.94. The maximum atomic E-state index is 8.00. The molecule has 0 heterocycles. The normalized spacial score (nSPS) is 6.89. The minimum absolute atomic E-state index is 0.619. The summed E-state index contributed by atoms with van der Waals surface area (Å²) in [6.07, 6.45) is 0.619. The molecule has 9 heavy (non-hydrogen) atoms. The van der Waals surface area contributed by atoms with Gasteiger partial charge in [-0.05, 0) is 6.54 Å². The summed E-state index contributed by atoms with van der Waals surface area (Å²) in [7, 11) is 0. The fourth-order valence-electron chi connectivity index (χ4n) is 0.321. The third kappa shape index (κ3) is 18.6. The maximum absolute atomic E-state index is 8.00. The molecule has 0 saturated heterocycles. The number of nitriles is 1. The first-order chi connectivity index (χ1) is 4.41. The molecule has 0 atom stereocenters. The highest BCUT2D eigenvalue weighted by Gasteiger charge is 1.76. The van der Waals surface area contributed by atoms with Crippen LogP contribution in [-0.2, 0) is 0 Å². The quantitative estimate of drug-likeness (QED) is 0.585. The second kappa shape index (κ2) is 15.7. The molecule has 0 unspecified atom stereocenters. The lowest BCUT2D eigenvalue weighted by atomic mass is 10.5. The average molecular weight is 128 g/mol. The van der Waals surface area contributed by atoms with Gasteiger partial charge in [-0.2, -0.15) is 5.26 Å². The van der Waals surface area contributed by atoms with Crippen molar-refractivity contribution in [2.75, 3.05) is 13.1 Å². The highest BCUT2D eigenvalue weighted by molar-refractivity contribution is 4.69. The Kier molecular flexibility index (Phi) is 19.6. The van der Waals surface area contributed by atoms with Gasteiger partial charge in [0.2, 0.25) is 0 Å². The Hall–Kier alpha value is -0.550. The molecule has 0 saturated carbocycles. The zero-order chi connectivity index (χ0) is 7.54. The number of hydrogen-bond donors (Lipinski definition) is 1. The van der Waals surface area contributed by atoms with Gasteiger partial charge in [-0.25, -0.2) is 0 Å². The summed E-state index contributed by atoms with van der Waals surface area (Å²) in [6.45, 7) is 7.81. The van der Waals surface area contributed by atoms with Crippen LogP contribution in [0.4, 0.5) is 0 Å². The molecule has 0 aliphatic carbocycles. The Balaban J connectivity index is 0. The SMILES string of the molecule is CC.CCNCCC#N. The van der Waals surface area contributed by atoms with E-state index >= 15 is 0 Å². The largest absolute Gasteiger partial charge is 0.316 e. The molecule has 0 amide bonds. The lowest BCUT2D eigenvalue weighted by Gasteiger charge is -1.90. The van der Waals surface area contributed by atoms with Crippen LogP contribution in [0.15, 0.2) is 0 Å². The molecular weight excluding hydrogens is 112 g/mol. The van der Waals surface area contributed by atoms with Gasteiger partial charge < -0.3 is 5.32 Å².